The molecule has 6 nitrogen and oxygen atoms in total. The van der Waals surface area contributed by atoms with Crippen LogP contribution in [0.1, 0.15) is 9.67 Å². The van der Waals surface area contributed by atoms with Crippen molar-refractivity contribution in [3.63, 3.8) is 0 Å². The predicted octanol–water partition coefficient (Wildman–Crippen LogP) is -0.355. The quantitative estimate of drug-likeness (QED) is 0.796. The van der Waals surface area contributed by atoms with Crippen molar-refractivity contribution < 1.29 is 9.59 Å². The van der Waals surface area contributed by atoms with Crippen LogP contribution in [0.4, 0.5) is 0 Å². The zero-order valence-corrected chi connectivity index (χ0v) is 11.2. The first-order chi connectivity index (χ1) is 8.61. The van der Waals surface area contributed by atoms with Crippen LogP contribution < -0.4 is 5.32 Å². The smallest absolute Gasteiger partial charge is 0.266 e. The van der Waals surface area contributed by atoms with E-state index in [1.54, 1.807) is 30.7 Å². The number of rotatable bonds is 2. The topological polar surface area (TPSA) is 65.5 Å². The Morgan fingerprint density at radius 1 is 1.56 bits per heavy atom. The van der Waals surface area contributed by atoms with Crippen LogP contribution in [0.25, 0.3) is 0 Å². The maximum atomic E-state index is 12.3. The molecule has 2 heterocycles. The molecule has 0 radical (unpaired) electrons. The molecule has 1 atom stereocenters. The Morgan fingerprint density at radius 2 is 2.33 bits per heavy atom. The van der Waals surface area contributed by atoms with Gasteiger partial charge in [0.1, 0.15) is 10.9 Å². The van der Waals surface area contributed by atoms with Crippen molar-refractivity contribution in [1.82, 2.24) is 20.1 Å². The number of hydrogen-bond acceptors (Lipinski definition) is 5. The van der Waals surface area contributed by atoms with Gasteiger partial charge in [0.2, 0.25) is 5.91 Å². The van der Waals surface area contributed by atoms with E-state index in [0.717, 1.165) is 0 Å². The lowest BCUT2D eigenvalue weighted by molar-refractivity contribution is -0.134. The second-order valence-electron chi connectivity index (χ2n) is 4.32. The van der Waals surface area contributed by atoms with Crippen LogP contribution >= 0.6 is 11.3 Å². The van der Waals surface area contributed by atoms with Crippen molar-refractivity contribution in [3.8, 4) is 0 Å². The van der Waals surface area contributed by atoms with Gasteiger partial charge in [-0.1, -0.05) is 0 Å². The van der Waals surface area contributed by atoms with Crippen LogP contribution in [0.15, 0.2) is 11.7 Å². The van der Waals surface area contributed by atoms with E-state index in [0.29, 0.717) is 24.5 Å². The van der Waals surface area contributed by atoms with E-state index in [9.17, 15) is 9.59 Å². The highest BCUT2D eigenvalue weighted by molar-refractivity contribution is 7.11. The highest BCUT2D eigenvalue weighted by Gasteiger charge is 2.33. The Hall–Kier alpha value is -1.47. The molecule has 0 aliphatic carbocycles. The molecule has 1 aromatic rings. The van der Waals surface area contributed by atoms with E-state index in [1.807, 2.05) is 0 Å². The number of carbonyl (C=O) groups is 2. The molecule has 0 saturated carbocycles. The Bertz CT molecular complexity index is 432. The van der Waals surface area contributed by atoms with Crippen LogP contribution in [0.5, 0.6) is 0 Å². The summed E-state index contributed by atoms with van der Waals surface area (Å²) in [6.45, 7) is 1.75. The van der Waals surface area contributed by atoms with Crippen molar-refractivity contribution >= 4 is 23.2 Å². The number of nitrogens with one attached hydrogen (secondary N) is 1. The number of likely N-dealkylation sites (N-methyl/N-ethyl adjacent to an activating group) is 1. The van der Waals surface area contributed by atoms with E-state index >= 15 is 0 Å². The molecular formula is C11H16N4O2S. The number of hydrogen-bond donors (Lipinski definition) is 1. The number of piperazine rings is 1. The van der Waals surface area contributed by atoms with Crippen LogP contribution in [0, 0.1) is 0 Å². The van der Waals surface area contributed by atoms with E-state index in [-0.39, 0.29) is 11.8 Å². The third-order valence-corrected chi connectivity index (χ3v) is 3.63. The molecule has 1 unspecified atom stereocenters. The summed E-state index contributed by atoms with van der Waals surface area (Å²) in [4.78, 5) is 32.0. The molecule has 2 amide bonds. The lowest BCUT2D eigenvalue weighted by Gasteiger charge is -2.36. The molecule has 7 heteroatoms. The Balaban J connectivity index is 2.18. The summed E-state index contributed by atoms with van der Waals surface area (Å²) in [6, 6.07) is -0.427. The van der Waals surface area contributed by atoms with Gasteiger partial charge in [-0.15, -0.1) is 11.3 Å². The number of thiazole rings is 1. The first kappa shape index (κ1) is 13.0. The summed E-state index contributed by atoms with van der Waals surface area (Å²) in [5.74, 6) is -0.167. The van der Waals surface area contributed by atoms with Gasteiger partial charge in [-0.05, 0) is 0 Å². The number of amides is 2. The van der Waals surface area contributed by atoms with Crippen LogP contribution in [-0.4, -0.2) is 66.4 Å². The first-order valence-corrected chi connectivity index (χ1v) is 6.60. The van der Waals surface area contributed by atoms with Gasteiger partial charge in [0.15, 0.2) is 0 Å². The molecule has 0 bridgehead atoms. The molecule has 1 aliphatic rings. The van der Waals surface area contributed by atoms with Gasteiger partial charge in [-0.3, -0.25) is 14.6 Å². The molecule has 0 aromatic carbocycles. The van der Waals surface area contributed by atoms with Gasteiger partial charge >= 0.3 is 0 Å². The molecular weight excluding hydrogens is 252 g/mol. The number of aromatic nitrogens is 1. The average molecular weight is 268 g/mol. The number of nitrogens with zero attached hydrogens (tertiary/aromatic N) is 3. The summed E-state index contributed by atoms with van der Waals surface area (Å²) in [7, 11) is 3.40. The van der Waals surface area contributed by atoms with Gasteiger partial charge in [0.05, 0.1) is 11.7 Å². The minimum absolute atomic E-state index is 0.0555. The largest absolute Gasteiger partial charge is 0.347 e. The maximum Gasteiger partial charge on any atom is 0.266 e. The third-order valence-electron chi connectivity index (χ3n) is 2.87. The van der Waals surface area contributed by atoms with Gasteiger partial charge in [0.25, 0.3) is 5.91 Å². The second-order valence-corrected chi connectivity index (χ2v) is 5.20. The van der Waals surface area contributed by atoms with Gasteiger partial charge in [-0.25, -0.2) is 0 Å². The average Bonchev–Trinajstić information content (AvgIpc) is 2.90. The fourth-order valence-electron chi connectivity index (χ4n) is 1.93. The molecule has 98 valence electrons. The summed E-state index contributed by atoms with van der Waals surface area (Å²) in [5, 5.41) is 3.15. The van der Waals surface area contributed by atoms with Crippen LogP contribution in [0.2, 0.25) is 0 Å². The van der Waals surface area contributed by atoms with Crippen molar-refractivity contribution in [1.29, 1.82) is 0 Å². The van der Waals surface area contributed by atoms with E-state index in [1.165, 1.54) is 16.2 Å². The molecule has 2 rings (SSSR count). The predicted molar refractivity (Wildman–Crippen MR) is 68.5 cm³/mol. The monoisotopic (exact) mass is 268 g/mol. The summed E-state index contributed by atoms with van der Waals surface area (Å²) >= 11 is 1.30. The fraction of sp³-hybridized carbons (Fsp3) is 0.545. The zero-order chi connectivity index (χ0) is 13.1. The van der Waals surface area contributed by atoms with Crippen molar-refractivity contribution in [2.24, 2.45) is 0 Å². The Kier molecular flexibility index (Phi) is 3.93. The fourth-order valence-corrected chi connectivity index (χ4v) is 2.50. The van der Waals surface area contributed by atoms with E-state index < -0.39 is 6.04 Å². The zero-order valence-electron chi connectivity index (χ0n) is 10.4. The molecule has 1 aliphatic heterocycles. The maximum absolute atomic E-state index is 12.3. The lowest BCUT2D eigenvalue weighted by Crippen LogP contribution is -2.59. The molecule has 18 heavy (non-hydrogen) atoms. The third kappa shape index (κ3) is 2.51. The van der Waals surface area contributed by atoms with E-state index in [2.05, 4.69) is 10.3 Å². The molecule has 1 fully saturated rings. The van der Waals surface area contributed by atoms with Crippen molar-refractivity contribution in [2.75, 3.05) is 33.7 Å². The second kappa shape index (κ2) is 5.45. The van der Waals surface area contributed by atoms with Crippen molar-refractivity contribution in [3.05, 3.63) is 16.6 Å². The highest BCUT2D eigenvalue weighted by atomic mass is 32.1. The summed E-state index contributed by atoms with van der Waals surface area (Å²) in [6.07, 6.45) is 1.55. The van der Waals surface area contributed by atoms with Crippen molar-refractivity contribution in [2.45, 2.75) is 6.04 Å². The van der Waals surface area contributed by atoms with Gasteiger partial charge < -0.3 is 15.1 Å². The lowest BCUT2D eigenvalue weighted by atomic mass is 10.1. The Labute approximate surface area is 110 Å². The number of carbonyl (C=O) groups excluding carboxylic acids is 2. The summed E-state index contributed by atoms with van der Waals surface area (Å²) in [5.41, 5.74) is 1.62. The van der Waals surface area contributed by atoms with Gasteiger partial charge in [0, 0.05) is 33.7 Å². The molecule has 0 spiro atoms. The summed E-state index contributed by atoms with van der Waals surface area (Å²) < 4.78 is 0. The van der Waals surface area contributed by atoms with Gasteiger partial charge in [-0.2, -0.15) is 0 Å². The van der Waals surface area contributed by atoms with E-state index in [4.69, 9.17) is 0 Å². The minimum Gasteiger partial charge on any atom is -0.347 e. The molecule has 1 saturated heterocycles. The Morgan fingerprint density at radius 3 is 2.94 bits per heavy atom. The standard InChI is InChI=1S/C11H16N4O2S/c1-14(2)10(16)8-5-12-3-4-15(8)11(17)9-6-13-7-18-9/h6-8,12H,3-5H2,1-2H3. The minimum atomic E-state index is -0.427. The molecule has 1 aromatic heterocycles. The normalized spacial score (nSPS) is 19.7. The molecule has 1 N–H and O–H groups in total. The van der Waals surface area contributed by atoms with Crippen LogP contribution in [0.3, 0.4) is 0 Å². The SMILES string of the molecule is CN(C)C(=O)C1CNCCN1C(=O)c1cncs1. The first-order valence-electron chi connectivity index (χ1n) is 5.72. The van der Waals surface area contributed by atoms with Crippen LogP contribution in [-0.2, 0) is 4.79 Å². The highest BCUT2D eigenvalue weighted by Crippen LogP contribution is 2.14.